The number of benzene rings is 1. The highest BCUT2D eigenvalue weighted by molar-refractivity contribution is 6.02. The fourth-order valence-electron chi connectivity index (χ4n) is 3.57. The number of H-pyrrole nitrogens is 1. The summed E-state index contributed by atoms with van der Waals surface area (Å²) in [6, 6.07) is 6.63. The van der Waals surface area contributed by atoms with E-state index in [9.17, 15) is 14.7 Å². The Labute approximate surface area is 183 Å². The zero-order chi connectivity index (χ0) is 23.0. The highest BCUT2D eigenvalue weighted by atomic mass is 16.5. The van der Waals surface area contributed by atoms with E-state index in [1.54, 1.807) is 31.4 Å². The summed E-state index contributed by atoms with van der Waals surface area (Å²) in [7, 11) is 1.55. The summed E-state index contributed by atoms with van der Waals surface area (Å²) in [5, 5.41) is 10.9. The monoisotopic (exact) mass is 430 g/mol. The number of nitrogens with one attached hydrogen (secondary N) is 1. The van der Waals surface area contributed by atoms with Crippen LogP contribution in [0, 0.1) is 0 Å². The molecule has 0 unspecified atom stereocenters. The Morgan fingerprint density at radius 3 is 2.39 bits per heavy atom. The highest BCUT2D eigenvalue weighted by Gasteiger charge is 2.20. The second-order valence-corrected chi connectivity index (χ2v) is 7.44. The molecule has 2 N–H and O–H groups in total. The Bertz CT molecular complexity index is 988. The Kier molecular flexibility index (Phi) is 9.05. The maximum absolute atomic E-state index is 12.6. The summed E-state index contributed by atoms with van der Waals surface area (Å²) in [5.41, 5.74) is -0.407. The van der Waals surface area contributed by atoms with Crippen LogP contribution in [0.4, 0.5) is 0 Å². The molecule has 2 rings (SSSR count). The summed E-state index contributed by atoms with van der Waals surface area (Å²) in [6.45, 7) is 11.2. The highest BCUT2D eigenvalue weighted by Crippen LogP contribution is 2.21. The summed E-state index contributed by atoms with van der Waals surface area (Å²) < 4.78 is 6.21. The number of aliphatic imine (C=N–C) groups is 1. The minimum absolute atomic E-state index is 0.00863. The molecule has 2 aromatic rings. The number of ether oxygens (including phenoxy) is 1. The molecule has 0 aliphatic rings. The van der Waals surface area contributed by atoms with E-state index in [1.807, 2.05) is 13.8 Å². The van der Waals surface area contributed by atoms with Crippen LogP contribution in [0.25, 0.3) is 5.69 Å². The molecule has 8 nitrogen and oxygen atoms in total. The van der Waals surface area contributed by atoms with Crippen molar-refractivity contribution in [3.63, 3.8) is 0 Å². The van der Waals surface area contributed by atoms with E-state index in [4.69, 9.17) is 9.73 Å². The number of hydrogen-bond donors (Lipinski definition) is 2. The summed E-state index contributed by atoms with van der Waals surface area (Å²) in [5.74, 6) is 0.213. The maximum atomic E-state index is 12.6. The third-order valence-corrected chi connectivity index (χ3v) is 5.41. The lowest BCUT2D eigenvalue weighted by molar-refractivity contribution is 0.294. The van der Waals surface area contributed by atoms with E-state index in [0.29, 0.717) is 23.6 Å². The Hall–Kier alpha value is -2.87. The predicted octanol–water partition coefficient (Wildman–Crippen LogP) is 2.95. The van der Waals surface area contributed by atoms with Crippen LogP contribution in [0.2, 0.25) is 0 Å². The first-order valence-corrected chi connectivity index (χ1v) is 10.9. The Morgan fingerprint density at radius 2 is 1.84 bits per heavy atom. The molecule has 31 heavy (non-hydrogen) atoms. The van der Waals surface area contributed by atoms with Gasteiger partial charge in [-0.3, -0.25) is 14.8 Å². The van der Waals surface area contributed by atoms with Gasteiger partial charge in [-0.1, -0.05) is 20.8 Å². The Morgan fingerprint density at radius 1 is 1.19 bits per heavy atom. The fourth-order valence-corrected chi connectivity index (χ4v) is 3.57. The van der Waals surface area contributed by atoms with Gasteiger partial charge < -0.3 is 14.7 Å². The normalized spacial score (nSPS) is 12.9. The van der Waals surface area contributed by atoms with Gasteiger partial charge in [0.1, 0.15) is 11.3 Å². The molecule has 0 bridgehead atoms. The first-order valence-electron chi connectivity index (χ1n) is 10.9. The van der Waals surface area contributed by atoms with Crippen LogP contribution in [-0.4, -0.2) is 58.1 Å². The van der Waals surface area contributed by atoms with E-state index in [2.05, 4.69) is 23.7 Å². The largest absolute Gasteiger partial charge is 0.497 e. The molecule has 0 fully saturated rings. The molecule has 8 heteroatoms. The molecule has 170 valence electrons. The standard InChI is InChI=1S/C23H34N4O4/c1-6-19(24-16(4)10-9-15-26(7-2)8-3)20-21(28)25-23(30)27(22(20)29)17-11-13-18(31-5)14-12-17/h11-14,16,29H,6-10,15H2,1-5H3,(H,25,28,30)/t16-/m1/s1. The maximum Gasteiger partial charge on any atom is 0.335 e. The molecule has 0 radical (unpaired) electrons. The van der Waals surface area contributed by atoms with Crippen LogP contribution < -0.4 is 16.0 Å². The van der Waals surface area contributed by atoms with Crippen LogP contribution in [0.5, 0.6) is 11.6 Å². The molecule has 1 atom stereocenters. The molecule has 1 aromatic heterocycles. The van der Waals surface area contributed by atoms with Crippen LogP contribution >= 0.6 is 0 Å². The first-order chi connectivity index (χ1) is 14.9. The van der Waals surface area contributed by atoms with Crippen molar-refractivity contribution >= 4 is 5.71 Å². The van der Waals surface area contributed by atoms with Crippen molar-refractivity contribution in [1.29, 1.82) is 0 Å². The molecular weight excluding hydrogens is 396 g/mol. The molecule has 0 aliphatic heterocycles. The minimum atomic E-state index is -0.709. The smallest absolute Gasteiger partial charge is 0.335 e. The van der Waals surface area contributed by atoms with Gasteiger partial charge in [0.25, 0.3) is 5.56 Å². The van der Waals surface area contributed by atoms with Crippen molar-refractivity contribution in [2.75, 3.05) is 26.7 Å². The third-order valence-electron chi connectivity index (χ3n) is 5.41. The molecule has 1 aromatic carbocycles. The lowest BCUT2D eigenvalue weighted by atomic mass is 10.1. The number of nitrogens with zero attached hydrogens (tertiary/aromatic N) is 3. The summed E-state index contributed by atoms with van der Waals surface area (Å²) in [4.78, 5) is 34.4. The number of hydrogen-bond acceptors (Lipinski definition) is 6. The van der Waals surface area contributed by atoms with Crippen LogP contribution in [0.3, 0.4) is 0 Å². The summed E-state index contributed by atoms with van der Waals surface area (Å²) in [6.07, 6.45) is 2.33. The van der Waals surface area contributed by atoms with Crippen molar-refractivity contribution < 1.29 is 9.84 Å². The van der Waals surface area contributed by atoms with Crippen LogP contribution in [0.15, 0.2) is 38.8 Å². The van der Waals surface area contributed by atoms with Crippen molar-refractivity contribution in [3.8, 4) is 17.3 Å². The van der Waals surface area contributed by atoms with E-state index >= 15 is 0 Å². The van der Waals surface area contributed by atoms with Gasteiger partial charge in [0, 0.05) is 6.04 Å². The van der Waals surface area contributed by atoms with Gasteiger partial charge in [0.15, 0.2) is 0 Å². The SMILES string of the molecule is CCC(=N[C@H](C)CCCN(CC)CC)c1c(O)n(-c2ccc(OC)cc2)c(=O)[nH]c1=O. The quantitative estimate of drug-likeness (QED) is 0.534. The van der Waals surface area contributed by atoms with Gasteiger partial charge in [-0.05, 0) is 70.1 Å². The van der Waals surface area contributed by atoms with E-state index in [-0.39, 0.29) is 11.6 Å². The van der Waals surface area contributed by atoms with Crippen LogP contribution in [0.1, 0.15) is 52.5 Å². The first kappa shape index (κ1) is 24.4. The van der Waals surface area contributed by atoms with E-state index < -0.39 is 17.1 Å². The number of aromatic nitrogens is 2. The van der Waals surface area contributed by atoms with E-state index in [1.165, 1.54) is 0 Å². The average molecular weight is 431 g/mol. The van der Waals surface area contributed by atoms with Crippen molar-refractivity contribution in [2.45, 2.75) is 53.0 Å². The van der Waals surface area contributed by atoms with Crippen LogP contribution in [-0.2, 0) is 0 Å². The molecule has 0 aliphatic carbocycles. The lowest BCUT2D eigenvalue weighted by Crippen LogP contribution is -2.33. The van der Waals surface area contributed by atoms with E-state index in [0.717, 1.165) is 37.0 Å². The number of aromatic hydroxyl groups is 1. The number of rotatable bonds is 11. The second-order valence-electron chi connectivity index (χ2n) is 7.44. The molecule has 0 saturated heterocycles. The zero-order valence-corrected chi connectivity index (χ0v) is 19.1. The Balaban J connectivity index is 2.37. The minimum Gasteiger partial charge on any atom is -0.497 e. The summed E-state index contributed by atoms with van der Waals surface area (Å²) >= 11 is 0. The third kappa shape index (κ3) is 6.07. The van der Waals surface area contributed by atoms with Gasteiger partial charge in [-0.2, -0.15) is 0 Å². The fraction of sp³-hybridized carbons (Fsp3) is 0.522. The molecule has 0 spiro atoms. The van der Waals surface area contributed by atoms with Crippen molar-refractivity contribution in [2.24, 2.45) is 4.99 Å². The van der Waals surface area contributed by atoms with Gasteiger partial charge in [0.2, 0.25) is 5.88 Å². The number of aromatic amines is 1. The van der Waals surface area contributed by atoms with Gasteiger partial charge >= 0.3 is 5.69 Å². The number of methoxy groups -OCH3 is 1. The van der Waals surface area contributed by atoms with Crippen molar-refractivity contribution in [1.82, 2.24) is 14.5 Å². The van der Waals surface area contributed by atoms with Gasteiger partial charge in [-0.15, -0.1) is 0 Å². The van der Waals surface area contributed by atoms with Crippen molar-refractivity contribution in [3.05, 3.63) is 50.7 Å². The average Bonchev–Trinajstić information content (AvgIpc) is 2.76. The van der Waals surface area contributed by atoms with Gasteiger partial charge in [0.05, 0.1) is 18.5 Å². The lowest BCUT2D eigenvalue weighted by Gasteiger charge is -2.18. The van der Waals surface area contributed by atoms with Gasteiger partial charge in [-0.25, -0.2) is 9.36 Å². The molecular formula is C23H34N4O4. The molecule has 0 amide bonds. The topological polar surface area (TPSA) is 99.9 Å². The molecule has 0 saturated carbocycles. The molecule has 1 heterocycles. The predicted molar refractivity (Wildman–Crippen MR) is 124 cm³/mol. The second kappa shape index (κ2) is 11.5. The zero-order valence-electron chi connectivity index (χ0n) is 19.1.